The molecule has 2 aliphatic rings. The molecule has 92 valence electrons. The van der Waals surface area contributed by atoms with E-state index < -0.39 is 0 Å². The number of carbonyl (C=O) groups excluding carboxylic acids is 1. The zero-order valence-electron chi connectivity index (χ0n) is 10.2. The smallest absolute Gasteiger partial charge is 0.305 e. The number of hydrogen-bond acceptors (Lipinski definition) is 3. The summed E-state index contributed by atoms with van der Waals surface area (Å²) >= 11 is 0. The molecule has 0 aliphatic heterocycles. The number of esters is 1. The summed E-state index contributed by atoms with van der Waals surface area (Å²) in [5.74, 6) is 2.86. The molecular weight excluding hydrogens is 202 g/mol. The first kappa shape index (κ1) is 11.9. The summed E-state index contributed by atoms with van der Waals surface area (Å²) in [4.78, 5) is 10.9. The summed E-state index contributed by atoms with van der Waals surface area (Å²) in [6, 6.07) is 0. The predicted octanol–water partition coefficient (Wildman–Crippen LogP) is 1.97. The van der Waals surface area contributed by atoms with Gasteiger partial charge in [-0.25, -0.2) is 0 Å². The zero-order valence-corrected chi connectivity index (χ0v) is 10.2. The van der Waals surface area contributed by atoms with Crippen LogP contribution in [-0.4, -0.2) is 26.2 Å². The highest BCUT2D eigenvalue weighted by atomic mass is 16.5. The quantitative estimate of drug-likeness (QED) is 0.507. The van der Waals surface area contributed by atoms with Gasteiger partial charge in [0.2, 0.25) is 0 Å². The third kappa shape index (κ3) is 3.78. The predicted molar refractivity (Wildman–Crippen MR) is 63.1 cm³/mol. The Kier molecular flexibility index (Phi) is 4.22. The van der Waals surface area contributed by atoms with Crippen LogP contribution in [0.1, 0.15) is 38.5 Å². The van der Waals surface area contributed by atoms with Crippen LogP contribution in [-0.2, 0) is 9.53 Å². The first-order valence-corrected chi connectivity index (χ1v) is 6.59. The molecule has 2 aliphatic carbocycles. The van der Waals surface area contributed by atoms with Crippen molar-refractivity contribution in [2.45, 2.75) is 38.5 Å². The van der Waals surface area contributed by atoms with Crippen molar-refractivity contribution in [3.05, 3.63) is 0 Å². The molecule has 2 fully saturated rings. The molecule has 16 heavy (non-hydrogen) atoms. The van der Waals surface area contributed by atoms with Crippen molar-refractivity contribution in [2.24, 2.45) is 17.8 Å². The van der Waals surface area contributed by atoms with Crippen molar-refractivity contribution in [1.82, 2.24) is 5.32 Å². The number of ether oxygens (including phenoxy) is 1. The van der Waals surface area contributed by atoms with E-state index in [2.05, 4.69) is 10.1 Å². The number of carbonyl (C=O) groups is 1. The molecule has 0 bridgehead atoms. The lowest BCUT2D eigenvalue weighted by atomic mass is 9.98. The van der Waals surface area contributed by atoms with E-state index in [0.29, 0.717) is 6.42 Å². The lowest BCUT2D eigenvalue weighted by molar-refractivity contribution is -0.140. The van der Waals surface area contributed by atoms with E-state index in [1.54, 1.807) is 0 Å². The molecule has 0 saturated heterocycles. The van der Waals surface area contributed by atoms with Gasteiger partial charge in [-0.05, 0) is 62.9 Å². The van der Waals surface area contributed by atoms with Crippen molar-refractivity contribution >= 4 is 5.97 Å². The maximum absolute atomic E-state index is 10.9. The largest absolute Gasteiger partial charge is 0.469 e. The van der Waals surface area contributed by atoms with Crippen LogP contribution in [0.25, 0.3) is 0 Å². The van der Waals surface area contributed by atoms with Crippen molar-refractivity contribution in [1.29, 1.82) is 0 Å². The Bertz CT molecular complexity index is 222. The van der Waals surface area contributed by atoms with Gasteiger partial charge in [-0.2, -0.15) is 0 Å². The van der Waals surface area contributed by atoms with Gasteiger partial charge in [0.1, 0.15) is 0 Å². The molecule has 3 nitrogen and oxygen atoms in total. The topological polar surface area (TPSA) is 38.3 Å². The van der Waals surface area contributed by atoms with Crippen LogP contribution in [0.4, 0.5) is 0 Å². The minimum atomic E-state index is -0.0947. The average molecular weight is 225 g/mol. The summed E-state index contributed by atoms with van der Waals surface area (Å²) in [6.45, 7) is 2.11. The molecule has 0 radical (unpaired) electrons. The lowest BCUT2D eigenvalue weighted by Gasteiger charge is -2.15. The van der Waals surface area contributed by atoms with Gasteiger partial charge in [0.25, 0.3) is 0 Å². The van der Waals surface area contributed by atoms with E-state index in [4.69, 9.17) is 0 Å². The highest BCUT2D eigenvalue weighted by Crippen LogP contribution is 2.48. The molecule has 0 atom stereocenters. The van der Waals surface area contributed by atoms with Crippen LogP contribution in [0, 0.1) is 17.8 Å². The Balaban J connectivity index is 1.51. The molecule has 0 aromatic rings. The Labute approximate surface area is 97.9 Å². The normalized spacial score (nSPS) is 20.1. The summed E-state index contributed by atoms with van der Waals surface area (Å²) in [7, 11) is 1.45. The van der Waals surface area contributed by atoms with Crippen molar-refractivity contribution in [3.8, 4) is 0 Å². The Morgan fingerprint density at radius 2 is 1.94 bits per heavy atom. The lowest BCUT2D eigenvalue weighted by Crippen LogP contribution is -2.26. The first-order chi connectivity index (χ1) is 7.81. The second kappa shape index (κ2) is 5.67. The molecule has 2 saturated carbocycles. The molecule has 0 spiro atoms. The minimum absolute atomic E-state index is 0.0947. The third-order valence-electron chi connectivity index (χ3n) is 3.80. The van der Waals surface area contributed by atoms with Gasteiger partial charge >= 0.3 is 5.97 Å². The maximum Gasteiger partial charge on any atom is 0.305 e. The standard InChI is InChI=1S/C13H23NO2/c1-16-13(15)3-2-8-14-9-12(10-4-5-10)11-6-7-11/h10-12,14H,2-9H2,1H3. The number of rotatable bonds is 8. The van der Waals surface area contributed by atoms with Crippen LogP contribution in [0.5, 0.6) is 0 Å². The summed E-state index contributed by atoms with van der Waals surface area (Å²) in [5.41, 5.74) is 0. The van der Waals surface area contributed by atoms with Crippen molar-refractivity contribution < 1.29 is 9.53 Å². The fourth-order valence-corrected chi connectivity index (χ4v) is 2.50. The molecule has 0 aromatic carbocycles. The first-order valence-electron chi connectivity index (χ1n) is 6.59. The van der Waals surface area contributed by atoms with Crippen LogP contribution in [0.2, 0.25) is 0 Å². The second-order valence-corrected chi connectivity index (χ2v) is 5.22. The molecule has 3 heteroatoms. The molecule has 0 amide bonds. The Morgan fingerprint density at radius 3 is 2.44 bits per heavy atom. The van der Waals surface area contributed by atoms with E-state index >= 15 is 0 Å². The zero-order chi connectivity index (χ0) is 11.4. The van der Waals surface area contributed by atoms with Gasteiger partial charge in [-0.1, -0.05) is 0 Å². The van der Waals surface area contributed by atoms with Gasteiger partial charge in [0.05, 0.1) is 7.11 Å². The van der Waals surface area contributed by atoms with Gasteiger partial charge in [-0.3, -0.25) is 4.79 Å². The number of nitrogens with one attached hydrogen (secondary N) is 1. The fraction of sp³-hybridized carbons (Fsp3) is 0.923. The average Bonchev–Trinajstić information content (AvgIpc) is 3.16. The highest BCUT2D eigenvalue weighted by Gasteiger charge is 2.40. The maximum atomic E-state index is 10.9. The third-order valence-corrected chi connectivity index (χ3v) is 3.80. The number of hydrogen-bond donors (Lipinski definition) is 1. The fourth-order valence-electron chi connectivity index (χ4n) is 2.50. The van der Waals surface area contributed by atoms with Crippen LogP contribution in [0.3, 0.4) is 0 Å². The van der Waals surface area contributed by atoms with Crippen molar-refractivity contribution in [3.63, 3.8) is 0 Å². The summed E-state index contributed by atoms with van der Waals surface area (Å²) in [6.07, 6.45) is 7.24. The van der Waals surface area contributed by atoms with Crippen molar-refractivity contribution in [2.75, 3.05) is 20.2 Å². The highest BCUT2D eigenvalue weighted by molar-refractivity contribution is 5.69. The van der Waals surface area contributed by atoms with E-state index in [1.807, 2.05) is 0 Å². The van der Waals surface area contributed by atoms with Gasteiger partial charge in [0, 0.05) is 6.42 Å². The number of methoxy groups -OCH3 is 1. The molecule has 2 rings (SSSR count). The van der Waals surface area contributed by atoms with Gasteiger partial charge in [-0.15, -0.1) is 0 Å². The van der Waals surface area contributed by atoms with Crippen LogP contribution in [0.15, 0.2) is 0 Å². The van der Waals surface area contributed by atoms with E-state index in [-0.39, 0.29) is 5.97 Å². The SMILES string of the molecule is COC(=O)CCCNCC(C1CC1)C1CC1. The molecular formula is C13H23NO2. The van der Waals surface area contributed by atoms with E-state index in [9.17, 15) is 4.79 Å². The molecule has 0 heterocycles. The van der Waals surface area contributed by atoms with Gasteiger partial charge in [0.15, 0.2) is 0 Å². The monoisotopic (exact) mass is 225 g/mol. The van der Waals surface area contributed by atoms with Crippen LogP contribution >= 0.6 is 0 Å². The molecule has 0 unspecified atom stereocenters. The summed E-state index contributed by atoms with van der Waals surface area (Å²) < 4.78 is 4.61. The molecule has 1 N–H and O–H groups in total. The Hall–Kier alpha value is -0.570. The van der Waals surface area contributed by atoms with Crippen LogP contribution < -0.4 is 5.32 Å². The second-order valence-electron chi connectivity index (χ2n) is 5.22. The minimum Gasteiger partial charge on any atom is -0.469 e. The Morgan fingerprint density at radius 1 is 1.31 bits per heavy atom. The summed E-state index contributed by atoms with van der Waals surface area (Å²) in [5, 5.41) is 3.50. The van der Waals surface area contributed by atoms with Gasteiger partial charge < -0.3 is 10.1 Å². The molecule has 0 aromatic heterocycles. The van der Waals surface area contributed by atoms with E-state index in [0.717, 1.165) is 37.3 Å². The van der Waals surface area contributed by atoms with E-state index in [1.165, 1.54) is 32.8 Å².